The van der Waals surface area contributed by atoms with Crippen molar-refractivity contribution < 1.29 is 84.8 Å². The maximum atomic E-state index is 13.8. The molecule has 4 bridgehead atoms. The highest BCUT2D eigenvalue weighted by atomic mass is 19.4. The molecule has 6 aromatic rings. The Kier molecular flexibility index (Phi) is 20.2. The van der Waals surface area contributed by atoms with E-state index in [2.05, 4.69) is 50.6 Å². The van der Waals surface area contributed by atoms with Gasteiger partial charge in [-0.25, -0.2) is 4.79 Å². The van der Waals surface area contributed by atoms with Crippen LogP contribution in [0.3, 0.4) is 0 Å². The van der Waals surface area contributed by atoms with Gasteiger partial charge in [0, 0.05) is 109 Å². The first-order valence-corrected chi connectivity index (χ1v) is 34.1. The minimum Gasteiger partial charge on any atom is -0.507 e. The number of methoxy groups -OCH3 is 4. The minimum atomic E-state index is -5.28. The molecule has 0 spiro atoms. The molecule has 0 saturated carbocycles. The fourth-order valence-corrected chi connectivity index (χ4v) is 17.2. The second-order valence-electron chi connectivity index (χ2n) is 27.0. The number of nitriles is 2. The topological polar surface area (TPSA) is 258 Å². The van der Waals surface area contributed by atoms with Crippen LogP contribution in [-0.4, -0.2) is 168 Å². The Balaban J connectivity index is 0.000000183. The van der Waals surface area contributed by atoms with Crippen molar-refractivity contribution in [1.82, 2.24) is 30.2 Å². The number of carbonyl (C=O) groups is 3. The second-order valence-corrected chi connectivity index (χ2v) is 27.0. The number of nitrogens with one attached hydrogen (secondary N) is 2. The summed E-state index contributed by atoms with van der Waals surface area (Å²) in [6, 6.07) is 24.2. The first-order valence-electron chi connectivity index (χ1n) is 34.1. The number of alkyl halides is 3. The number of hydrogen-bond acceptors (Lipinski definition) is 21. The third-order valence-corrected chi connectivity index (χ3v) is 21.5. The molecule has 6 aromatic carbocycles. The highest BCUT2D eigenvalue weighted by molar-refractivity contribution is 5.81. The van der Waals surface area contributed by atoms with Gasteiger partial charge >= 0.3 is 12.1 Å². The third-order valence-electron chi connectivity index (χ3n) is 21.5. The number of ether oxygens (including phenoxy) is 11. The average molecular weight is 1410 g/mol. The van der Waals surface area contributed by atoms with E-state index in [9.17, 15) is 43.2 Å². The zero-order chi connectivity index (χ0) is 72.2. The lowest BCUT2D eigenvalue weighted by atomic mass is 9.71. The predicted octanol–water partition coefficient (Wildman–Crippen LogP) is 9.26. The van der Waals surface area contributed by atoms with Crippen molar-refractivity contribution >= 4 is 17.8 Å². The Bertz CT molecular complexity index is 4320. The monoisotopic (exact) mass is 1400 g/mol. The number of nitrogens with zero attached hydrogens (tertiary/aromatic N) is 6. The predicted molar refractivity (Wildman–Crippen MR) is 363 cm³/mol. The van der Waals surface area contributed by atoms with E-state index >= 15 is 0 Å². The Morgan fingerprint density at radius 2 is 0.990 bits per heavy atom. The van der Waals surface area contributed by atoms with Crippen molar-refractivity contribution in [3.05, 3.63) is 151 Å². The van der Waals surface area contributed by atoms with Gasteiger partial charge in [-0.3, -0.25) is 29.2 Å². The number of carbonyl (C=O) groups excluding carboxylic acids is 3. The smallest absolute Gasteiger partial charge is 0.491 e. The van der Waals surface area contributed by atoms with Gasteiger partial charge in [-0.2, -0.15) is 23.7 Å². The first-order chi connectivity index (χ1) is 49.2. The number of amides is 2. The molecule has 2 unspecified atom stereocenters. The summed E-state index contributed by atoms with van der Waals surface area (Å²) in [6.07, 6.45) is -2.09. The summed E-state index contributed by atoms with van der Waals surface area (Å²) in [7, 11) is 10.2. The summed E-state index contributed by atoms with van der Waals surface area (Å²) < 4.78 is 105. The van der Waals surface area contributed by atoms with E-state index in [-0.39, 0.29) is 118 Å². The van der Waals surface area contributed by atoms with E-state index in [4.69, 9.17) is 52.1 Å². The number of piperazine rings is 2. The van der Waals surface area contributed by atoms with E-state index in [1.165, 1.54) is 14.0 Å². The molecule has 8 aliphatic rings. The molecule has 26 heteroatoms. The van der Waals surface area contributed by atoms with Crippen LogP contribution in [-0.2, 0) is 62.4 Å². The summed E-state index contributed by atoms with van der Waals surface area (Å²) in [5.41, 5.74) is 10.7. The number of phenols is 1. The molecular weight excluding hydrogens is 1320 g/mol. The van der Waals surface area contributed by atoms with Crippen molar-refractivity contribution in [2.75, 3.05) is 82.8 Å². The van der Waals surface area contributed by atoms with Crippen molar-refractivity contribution in [2.24, 2.45) is 0 Å². The molecule has 0 aliphatic carbocycles. The third kappa shape index (κ3) is 12.5. The van der Waals surface area contributed by atoms with Crippen LogP contribution in [0.15, 0.2) is 72.8 Å². The molecule has 0 aromatic heterocycles. The normalized spacial score (nSPS) is 23.2. The van der Waals surface area contributed by atoms with Crippen LogP contribution in [0.25, 0.3) is 0 Å². The van der Waals surface area contributed by atoms with Crippen LogP contribution >= 0.6 is 0 Å². The minimum absolute atomic E-state index is 0.0267. The van der Waals surface area contributed by atoms with E-state index in [0.717, 1.165) is 55.6 Å². The molecule has 10 atom stereocenters. The van der Waals surface area contributed by atoms with Gasteiger partial charge in [-0.1, -0.05) is 72.8 Å². The SMILES string of the molecule is COCOc1c(OC)c(C)cc2c1[C@@H]1C3Cc4c(O)c(C)c5c(c4[C@H](CNC(=O)CCc4ccccc4)N3[C@@H](C#N)[C@H](C2)N1C)OCO5.COCOc1c(OC)c(C)cc2c1[C@@H]1C3Cc4c(OC(=O)C(F)(F)F)c(C)c5c(c4[C@H](CNC(=O)CCc4ccccc4)N3[C@@H](C#N)[C@H](C2)N1C)OCO5. The molecule has 8 aliphatic heterocycles. The number of rotatable bonds is 19. The molecule has 0 radical (unpaired) electrons. The molecule has 8 heterocycles. The summed E-state index contributed by atoms with van der Waals surface area (Å²) in [5, 5.41) is 39.8. The number of esters is 1. The number of hydrogen-bond donors (Lipinski definition) is 3. The Morgan fingerprint density at radius 1 is 0.569 bits per heavy atom. The summed E-state index contributed by atoms with van der Waals surface area (Å²) in [6.45, 7) is 7.23. The fourth-order valence-electron chi connectivity index (χ4n) is 17.2. The number of halogens is 3. The average Bonchev–Trinajstić information content (AvgIpc) is 0.815. The Hall–Kier alpha value is -9.54. The van der Waals surface area contributed by atoms with Crippen molar-refractivity contribution in [3.63, 3.8) is 0 Å². The van der Waals surface area contributed by atoms with E-state index in [0.29, 0.717) is 89.7 Å². The zero-order valence-corrected chi connectivity index (χ0v) is 58.6. The molecule has 2 fully saturated rings. The Morgan fingerprint density at radius 3 is 1.41 bits per heavy atom. The van der Waals surface area contributed by atoms with Gasteiger partial charge in [0.25, 0.3) is 0 Å². The molecule has 2 saturated heterocycles. The van der Waals surface area contributed by atoms with Crippen LogP contribution in [0, 0.1) is 50.4 Å². The van der Waals surface area contributed by atoms with E-state index < -0.39 is 48.4 Å². The van der Waals surface area contributed by atoms with Gasteiger partial charge in [-0.15, -0.1) is 0 Å². The van der Waals surface area contributed by atoms with Gasteiger partial charge < -0.3 is 67.8 Å². The van der Waals surface area contributed by atoms with Gasteiger partial charge in [0.1, 0.15) is 23.6 Å². The number of fused-ring (bicyclic) bond motifs is 18. The molecule has 23 nitrogen and oxygen atoms in total. The molecule has 14 rings (SSSR count). The largest absolute Gasteiger partial charge is 0.507 e. The lowest BCUT2D eigenvalue weighted by Crippen LogP contribution is -2.68. The van der Waals surface area contributed by atoms with E-state index in [1.54, 1.807) is 21.3 Å². The van der Waals surface area contributed by atoms with Crippen molar-refractivity contribution in [1.29, 1.82) is 10.5 Å². The van der Waals surface area contributed by atoms with Gasteiger partial charge in [0.2, 0.25) is 25.4 Å². The number of aromatic hydroxyl groups is 1. The quantitative estimate of drug-likeness (QED) is 0.0388. The number of likely N-dealkylation sites (N-methyl/N-ethyl adjacent to an activating group) is 2. The van der Waals surface area contributed by atoms with Crippen molar-refractivity contribution in [3.8, 4) is 69.6 Å². The van der Waals surface area contributed by atoms with Crippen LogP contribution in [0.5, 0.6) is 57.5 Å². The van der Waals surface area contributed by atoms with E-state index in [1.807, 2.05) is 99.4 Å². The van der Waals surface area contributed by atoms with Crippen LogP contribution in [0.2, 0.25) is 0 Å². The van der Waals surface area contributed by atoms with Gasteiger partial charge in [0.05, 0.1) is 50.5 Å². The zero-order valence-electron chi connectivity index (χ0n) is 58.6. The maximum Gasteiger partial charge on any atom is 0.491 e. The highest BCUT2D eigenvalue weighted by Crippen LogP contribution is 2.61. The highest BCUT2D eigenvalue weighted by Gasteiger charge is 2.60. The van der Waals surface area contributed by atoms with Crippen LogP contribution in [0.4, 0.5) is 13.2 Å². The Labute approximate surface area is 589 Å². The van der Waals surface area contributed by atoms with Gasteiger partial charge in [-0.05, 0) is 114 Å². The summed E-state index contributed by atoms with van der Waals surface area (Å²) in [4.78, 5) is 48.0. The lowest BCUT2D eigenvalue weighted by Gasteiger charge is -2.60. The number of benzene rings is 6. The number of aryl methyl sites for hydroxylation is 4. The first kappa shape index (κ1) is 70.9. The molecule has 102 heavy (non-hydrogen) atoms. The lowest BCUT2D eigenvalue weighted by molar-refractivity contribution is -0.189. The van der Waals surface area contributed by atoms with Crippen molar-refractivity contribution in [2.45, 2.75) is 146 Å². The fraction of sp³-hybridized carbons (Fsp3) is 0.461. The summed E-state index contributed by atoms with van der Waals surface area (Å²) in [5.74, 6) is 0.880. The van der Waals surface area contributed by atoms with Crippen LogP contribution < -0.4 is 53.3 Å². The summed E-state index contributed by atoms with van der Waals surface area (Å²) >= 11 is 0. The van der Waals surface area contributed by atoms with Gasteiger partial charge in [0.15, 0.2) is 59.6 Å². The number of phenolic OH excluding ortho intramolecular Hbond substituents is 1. The molecule has 538 valence electrons. The standard InChI is InChI=1S/C39H41F3N4O8.C37H42N4O7/c1-20-13-23-14-25-27(16-43)46-26(32(45(25)3)30(23)36(33(20)50-5)51-18-49-4)15-24-31(28(46)17-44-29(47)12-11-22-9-7-6-8-10-22)37-35(52-19-53-37)21(2)34(24)54-38(48)39(40,41)42;1-20-13-23-14-25-27(16-38)41-26(32(40(25)3)30(23)36(34(20)45-5)46-18-44-4)15-24-31(37-35(47-19-48-37)21(2)33(24)43)28(41)17-39-29(42)12-11-22-9-7-6-8-10-22/h6-10,13,25-28,32H,11-12,14-15,17-19H2,1-5H3,(H,44,47);6-10,13,25-28,32,43H,11-12,14-15,17-19H2,1-5H3,(H,39,42)/t2*25-,26?,27-,28-,32-/m00/s1. The second kappa shape index (κ2) is 29.1. The maximum absolute atomic E-state index is 13.8. The molecule has 3 N–H and O–H groups in total. The molecule has 2 amide bonds. The van der Waals surface area contributed by atoms with Crippen LogP contribution in [0.1, 0.15) is 115 Å². The molecular formula is C76H83F3N8O15.